The summed E-state index contributed by atoms with van der Waals surface area (Å²) in [6, 6.07) is 7.29. The highest BCUT2D eigenvalue weighted by atomic mass is 79.9. The van der Waals surface area contributed by atoms with E-state index in [1.807, 2.05) is 6.92 Å². The van der Waals surface area contributed by atoms with Gasteiger partial charge in [0.05, 0.1) is 0 Å². The molecule has 1 aliphatic carbocycles. The predicted octanol–water partition coefficient (Wildman–Crippen LogP) is 4.48. The van der Waals surface area contributed by atoms with Crippen LogP contribution in [0.4, 0.5) is 5.69 Å². The van der Waals surface area contributed by atoms with Gasteiger partial charge in [-0.05, 0) is 43.4 Å². The third kappa shape index (κ3) is 3.32. The Labute approximate surface area is 125 Å². The largest absolute Gasteiger partial charge is 0.371 e. The van der Waals surface area contributed by atoms with Crippen molar-refractivity contribution in [2.45, 2.75) is 51.6 Å². The van der Waals surface area contributed by atoms with Gasteiger partial charge in [-0.25, -0.2) is 0 Å². The van der Waals surface area contributed by atoms with Crippen LogP contribution in [0.3, 0.4) is 0 Å². The second-order valence-electron chi connectivity index (χ2n) is 5.93. The van der Waals surface area contributed by atoms with Gasteiger partial charge in [0.15, 0.2) is 0 Å². The third-order valence-corrected chi connectivity index (χ3v) is 5.13. The summed E-state index contributed by atoms with van der Waals surface area (Å²) in [4.78, 5) is 2.44. The number of hydrogen-bond acceptors (Lipinski definition) is 2. The van der Waals surface area contributed by atoms with Crippen LogP contribution in [0.5, 0.6) is 0 Å². The van der Waals surface area contributed by atoms with E-state index in [2.05, 4.69) is 53.0 Å². The monoisotopic (exact) mass is 324 g/mol. The zero-order valence-corrected chi connectivity index (χ0v) is 13.8. The van der Waals surface area contributed by atoms with Crippen LogP contribution in [0.1, 0.15) is 51.1 Å². The van der Waals surface area contributed by atoms with Gasteiger partial charge >= 0.3 is 0 Å². The zero-order chi connectivity index (χ0) is 14.0. The van der Waals surface area contributed by atoms with E-state index in [-0.39, 0.29) is 6.04 Å². The highest BCUT2D eigenvalue weighted by Gasteiger charge is 2.25. The summed E-state index contributed by atoms with van der Waals surface area (Å²) in [7, 11) is 2.22. The lowest BCUT2D eigenvalue weighted by Gasteiger charge is -2.38. The summed E-state index contributed by atoms with van der Waals surface area (Å²) >= 11 is 3.65. The minimum absolute atomic E-state index is 0.0716. The van der Waals surface area contributed by atoms with Crippen molar-refractivity contribution in [3.63, 3.8) is 0 Å². The van der Waals surface area contributed by atoms with Crippen molar-refractivity contribution in [2.24, 2.45) is 11.7 Å². The fourth-order valence-corrected chi connectivity index (χ4v) is 3.90. The molecule has 3 heteroatoms. The van der Waals surface area contributed by atoms with Crippen molar-refractivity contribution in [1.82, 2.24) is 0 Å². The number of anilines is 1. The molecule has 0 radical (unpaired) electrons. The average molecular weight is 325 g/mol. The fraction of sp³-hybridized carbons (Fsp3) is 0.625. The molecule has 3 atom stereocenters. The smallest absolute Gasteiger partial charge is 0.0377 e. The number of nitrogens with zero attached hydrogens (tertiary/aromatic N) is 1. The van der Waals surface area contributed by atoms with Crippen molar-refractivity contribution in [1.29, 1.82) is 0 Å². The van der Waals surface area contributed by atoms with Crippen molar-refractivity contribution in [3.8, 4) is 0 Å². The molecule has 0 aliphatic heterocycles. The lowest BCUT2D eigenvalue weighted by Crippen LogP contribution is -2.39. The molecule has 1 saturated carbocycles. The molecule has 1 aromatic rings. The summed E-state index contributed by atoms with van der Waals surface area (Å²) in [6.45, 7) is 4.40. The van der Waals surface area contributed by atoms with Gasteiger partial charge in [-0.2, -0.15) is 0 Å². The van der Waals surface area contributed by atoms with E-state index in [0.29, 0.717) is 6.04 Å². The summed E-state index contributed by atoms with van der Waals surface area (Å²) in [5.41, 5.74) is 8.42. The quantitative estimate of drug-likeness (QED) is 0.887. The van der Waals surface area contributed by atoms with Crippen LogP contribution in [0, 0.1) is 5.92 Å². The Hall–Kier alpha value is -0.540. The molecule has 0 saturated heterocycles. The molecular formula is C16H25BrN2. The Bertz CT molecular complexity index is 431. The third-order valence-electron chi connectivity index (χ3n) is 4.45. The van der Waals surface area contributed by atoms with Gasteiger partial charge in [0.2, 0.25) is 0 Å². The first-order valence-corrected chi connectivity index (χ1v) is 8.08. The minimum Gasteiger partial charge on any atom is -0.371 e. The Kier molecular flexibility index (Phi) is 4.91. The van der Waals surface area contributed by atoms with E-state index >= 15 is 0 Å². The molecule has 2 unspecified atom stereocenters. The van der Waals surface area contributed by atoms with Crippen LogP contribution in [-0.4, -0.2) is 13.1 Å². The van der Waals surface area contributed by atoms with Gasteiger partial charge in [0.1, 0.15) is 0 Å². The second kappa shape index (κ2) is 6.27. The van der Waals surface area contributed by atoms with E-state index in [9.17, 15) is 0 Å². The molecule has 2 rings (SSSR count). The maximum Gasteiger partial charge on any atom is 0.0377 e. The molecule has 0 spiro atoms. The lowest BCUT2D eigenvalue weighted by atomic mass is 9.85. The standard InChI is InChI=1S/C16H25BrN2/c1-11-6-4-5-7-16(11)19(3)13-8-9-14(12(2)18)15(17)10-13/h8-12,16H,4-7,18H2,1-3H3/t11?,12-,16?/m1/s1. The SMILES string of the molecule is CC1CCCCC1N(C)c1ccc([C@@H](C)N)c(Br)c1. The molecule has 19 heavy (non-hydrogen) atoms. The molecule has 0 aromatic heterocycles. The molecule has 0 heterocycles. The first kappa shape index (κ1) is 14.9. The maximum absolute atomic E-state index is 5.96. The summed E-state index contributed by atoms with van der Waals surface area (Å²) in [5.74, 6) is 0.783. The Balaban J connectivity index is 2.19. The van der Waals surface area contributed by atoms with Gasteiger partial charge < -0.3 is 10.6 Å². The fourth-order valence-electron chi connectivity index (χ4n) is 3.17. The Morgan fingerprint density at radius 2 is 2.00 bits per heavy atom. The first-order valence-electron chi connectivity index (χ1n) is 7.28. The van der Waals surface area contributed by atoms with E-state index in [4.69, 9.17) is 5.73 Å². The highest BCUT2D eigenvalue weighted by molar-refractivity contribution is 9.10. The van der Waals surface area contributed by atoms with Gasteiger partial charge in [-0.15, -0.1) is 0 Å². The number of nitrogens with two attached hydrogens (primary N) is 1. The van der Waals surface area contributed by atoms with Crippen molar-refractivity contribution < 1.29 is 0 Å². The number of hydrogen-bond donors (Lipinski definition) is 1. The summed E-state index contributed by atoms with van der Waals surface area (Å²) in [5, 5.41) is 0. The van der Waals surface area contributed by atoms with Gasteiger partial charge in [-0.3, -0.25) is 0 Å². The first-order chi connectivity index (χ1) is 9.00. The molecule has 2 nitrogen and oxygen atoms in total. The lowest BCUT2D eigenvalue weighted by molar-refractivity contribution is 0.321. The minimum atomic E-state index is 0.0716. The average Bonchev–Trinajstić information content (AvgIpc) is 2.38. The van der Waals surface area contributed by atoms with Crippen LogP contribution in [0.25, 0.3) is 0 Å². The van der Waals surface area contributed by atoms with E-state index < -0.39 is 0 Å². The van der Waals surface area contributed by atoms with Crippen molar-refractivity contribution in [3.05, 3.63) is 28.2 Å². The molecule has 1 aromatic carbocycles. The molecule has 1 fully saturated rings. The van der Waals surface area contributed by atoms with Crippen molar-refractivity contribution in [2.75, 3.05) is 11.9 Å². The van der Waals surface area contributed by atoms with E-state index in [1.54, 1.807) is 0 Å². The van der Waals surface area contributed by atoms with E-state index in [1.165, 1.54) is 36.9 Å². The highest BCUT2D eigenvalue weighted by Crippen LogP contribution is 2.33. The molecular weight excluding hydrogens is 300 g/mol. The van der Waals surface area contributed by atoms with Crippen LogP contribution in [-0.2, 0) is 0 Å². The molecule has 0 bridgehead atoms. The Morgan fingerprint density at radius 3 is 2.58 bits per heavy atom. The number of halogens is 1. The van der Waals surface area contributed by atoms with Gasteiger partial charge in [0.25, 0.3) is 0 Å². The zero-order valence-electron chi connectivity index (χ0n) is 12.2. The summed E-state index contributed by atoms with van der Waals surface area (Å²) < 4.78 is 1.12. The second-order valence-corrected chi connectivity index (χ2v) is 6.79. The Morgan fingerprint density at radius 1 is 1.32 bits per heavy atom. The van der Waals surface area contributed by atoms with Crippen LogP contribution >= 0.6 is 15.9 Å². The number of benzene rings is 1. The maximum atomic E-state index is 5.96. The number of rotatable bonds is 3. The molecule has 2 N–H and O–H groups in total. The molecule has 106 valence electrons. The van der Waals surface area contributed by atoms with Crippen LogP contribution < -0.4 is 10.6 Å². The van der Waals surface area contributed by atoms with Gasteiger partial charge in [-0.1, -0.05) is 41.8 Å². The summed E-state index contributed by atoms with van der Waals surface area (Å²) in [6.07, 6.45) is 5.41. The molecule has 1 aliphatic rings. The van der Waals surface area contributed by atoms with Crippen LogP contribution in [0.15, 0.2) is 22.7 Å². The topological polar surface area (TPSA) is 29.3 Å². The predicted molar refractivity (Wildman–Crippen MR) is 86.6 cm³/mol. The normalized spacial score (nSPS) is 25.1. The van der Waals surface area contributed by atoms with Gasteiger partial charge in [0, 0.05) is 29.3 Å². The van der Waals surface area contributed by atoms with E-state index in [0.717, 1.165) is 10.4 Å². The van der Waals surface area contributed by atoms with Crippen LogP contribution in [0.2, 0.25) is 0 Å². The molecule has 0 amide bonds. The van der Waals surface area contributed by atoms with Crippen molar-refractivity contribution >= 4 is 21.6 Å².